The summed E-state index contributed by atoms with van der Waals surface area (Å²) in [5.74, 6) is 0. The number of aromatic nitrogens is 3. The Hall–Kier alpha value is -1.72. The van der Waals surface area contributed by atoms with Gasteiger partial charge in [0.2, 0.25) is 0 Å². The monoisotopic (exact) mass is 244 g/mol. The summed E-state index contributed by atoms with van der Waals surface area (Å²) in [4.78, 5) is 9.70. The summed E-state index contributed by atoms with van der Waals surface area (Å²) in [5, 5.41) is 2.11. The van der Waals surface area contributed by atoms with Gasteiger partial charge in [-0.25, -0.2) is 4.98 Å². The number of hydrogen-bond acceptors (Lipinski definition) is 4. The molecule has 0 radical (unpaired) electrons. The quantitative estimate of drug-likeness (QED) is 0.766. The van der Waals surface area contributed by atoms with Gasteiger partial charge in [0.15, 0.2) is 4.96 Å². The second kappa shape index (κ2) is 4.27. The fourth-order valence-corrected chi connectivity index (χ4v) is 2.72. The highest BCUT2D eigenvalue weighted by molar-refractivity contribution is 7.15. The first-order valence-corrected chi connectivity index (χ1v) is 6.32. The lowest BCUT2D eigenvalue weighted by Gasteiger charge is -1.95. The molecular weight excluding hydrogens is 232 g/mol. The van der Waals surface area contributed by atoms with Crippen LogP contribution in [0.25, 0.3) is 16.2 Å². The maximum Gasteiger partial charge on any atom is 0.194 e. The van der Waals surface area contributed by atoms with E-state index in [1.54, 1.807) is 17.5 Å². The lowest BCUT2D eigenvalue weighted by molar-refractivity contribution is 0.909. The van der Waals surface area contributed by atoms with Gasteiger partial charge in [-0.1, -0.05) is 0 Å². The zero-order valence-electron chi connectivity index (χ0n) is 9.21. The van der Waals surface area contributed by atoms with Crippen molar-refractivity contribution in [3.05, 3.63) is 41.8 Å². The summed E-state index contributed by atoms with van der Waals surface area (Å²) >= 11 is 1.65. The molecule has 0 spiro atoms. The lowest BCUT2D eigenvalue weighted by Crippen LogP contribution is -2.04. The van der Waals surface area contributed by atoms with Crippen molar-refractivity contribution in [3.63, 3.8) is 0 Å². The molecule has 0 unspecified atom stereocenters. The Kier molecular flexibility index (Phi) is 2.62. The molecule has 0 bridgehead atoms. The fourth-order valence-electron chi connectivity index (χ4n) is 1.81. The second-order valence-electron chi connectivity index (χ2n) is 3.79. The third kappa shape index (κ3) is 1.83. The van der Waals surface area contributed by atoms with Crippen LogP contribution in [0.15, 0.2) is 36.1 Å². The van der Waals surface area contributed by atoms with Gasteiger partial charge in [0.05, 0.1) is 5.69 Å². The minimum atomic E-state index is 0.659. The van der Waals surface area contributed by atoms with E-state index in [1.165, 1.54) is 5.69 Å². The van der Waals surface area contributed by atoms with Crippen LogP contribution in [-0.2, 0) is 6.42 Å². The number of hydrogen-bond donors (Lipinski definition) is 1. The van der Waals surface area contributed by atoms with E-state index in [-0.39, 0.29) is 0 Å². The van der Waals surface area contributed by atoms with E-state index in [2.05, 4.69) is 19.7 Å². The first-order valence-electron chi connectivity index (χ1n) is 5.44. The highest BCUT2D eigenvalue weighted by Gasteiger charge is 2.08. The molecule has 4 nitrogen and oxygen atoms in total. The zero-order chi connectivity index (χ0) is 11.7. The molecule has 5 heteroatoms. The predicted molar refractivity (Wildman–Crippen MR) is 69.1 cm³/mol. The molecule has 0 fully saturated rings. The van der Waals surface area contributed by atoms with E-state index in [0.29, 0.717) is 6.54 Å². The van der Waals surface area contributed by atoms with Crippen LogP contribution in [-0.4, -0.2) is 20.9 Å². The van der Waals surface area contributed by atoms with Gasteiger partial charge in [0.1, 0.15) is 0 Å². The highest BCUT2D eigenvalue weighted by atomic mass is 32.1. The molecule has 0 saturated heterocycles. The minimum absolute atomic E-state index is 0.659. The number of nitrogens with two attached hydrogens (primary N) is 1. The number of pyridine rings is 1. The van der Waals surface area contributed by atoms with Crippen molar-refractivity contribution in [1.82, 2.24) is 14.4 Å². The maximum atomic E-state index is 5.59. The molecule has 3 aromatic heterocycles. The van der Waals surface area contributed by atoms with E-state index in [4.69, 9.17) is 5.73 Å². The molecule has 17 heavy (non-hydrogen) atoms. The third-order valence-electron chi connectivity index (χ3n) is 2.64. The zero-order valence-corrected chi connectivity index (χ0v) is 10.0. The third-order valence-corrected chi connectivity index (χ3v) is 3.53. The number of imidazole rings is 1. The molecule has 86 valence electrons. The molecule has 3 rings (SSSR count). The van der Waals surface area contributed by atoms with Crippen LogP contribution in [0.2, 0.25) is 0 Å². The van der Waals surface area contributed by atoms with Crippen LogP contribution in [0, 0.1) is 0 Å². The Balaban J connectivity index is 2.08. The second-order valence-corrected chi connectivity index (χ2v) is 4.62. The van der Waals surface area contributed by atoms with Gasteiger partial charge in [0, 0.05) is 41.6 Å². The molecular formula is C12H12N4S. The van der Waals surface area contributed by atoms with Gasteiger partial charge in [-0.2, -0.15) is 0 Å². The Labute approximate surface area is 103 Å². The first kappa shape index (κ1) is 10.4. The van der Waals surface area contributed by atoms with E-state index in [0.717, 1.165) is 22.6 Å². The lowest BCUT2D eigenvalue weighted by atomic mass is 10.2. The summed E-state index contributed by atoms with van der Waals surface area (Å²) in [5.41, 5.74) is 8.81. The molecule has 0 aliphatic carbocycles. The minimum Gasteiger partial charge on any atom is -0.330 e. The normalized spacial score (nSPS) is 11.1. The molecule has 0 aliphatic heterocycles. The average Bonchev–Trinajstić information content (AvgIpc) is 2.93. The molecule has 3 aromatic rings. The average molecular weight is 244 g/mol. The van der Waals surface area contributed by atoms with Crippen LogP contribution in [0.1, 0.15) is 5.69 Å². The SMILES string of the molecule is NCCc1csc2nc(-c3cccnc3)cn12. The summed E-state index contributed by atoms with van der Waals surface area (Å²) in [7, 11) is 0. The molecule has 3 heterocycles. The van der Waals surface area contributed by atoms with Crippen LogP contribution in [0.4, 0.5) is 0 Å². The smallest absolute Gasteiger partial charge is 0.194 e. The van der Waals surface area contributed by atoms with Crippen molar-refractivity contribution in [2.75, 3.05) is 6.54 Å². The molecule has 0 aromatic carbocycles. The number of fused-ring (bicyclic) bond motifs is 1. The van der Waals surface area contributed by atoms with Gasteiger partial charge in [-0.15, -0.1) is 11.3 Å². The largest absolute Gasteiger partial charge is 0.330 e. The van der Waals surface area contributed by atoms with Crippen molar-refractivity contribution in [3.8, 4) is 11.3 Å². The van der Waals surface area contributed by atoms with Gasteiger partial charge in [-0.05, 0) is 18.7 Å². The highest BCUT2D eigenvalue weighted by Crippen LogP contribution is 2.22. The van der Waals surface area contributed by atoms with Gasteiger partial charge in [-0.3, -0.25) is 9.38 Å². The Morgan fingerprint density at radius 3 is 3.12 bits per heavy atom. The molecule has 0 saturated carbocycles. The number of nitrogens with zero attached hydrogens (tertiary/aromatic N) is 3. The molecule has 0 atom stereocenters. The topological polar surface area (TPSA) is 56.2 Å². The van der Waals surface area contributed by atoms with Crippen molar-refractivity contribution < 1.29 is 0 Å². The van der Waals surface area contributed by atoms with Crippen LogP contribution < -0.4 is 5.73 Å². The van der Waals surface area contributed by atoms with Crippen LogP contribution in [0.5, 0.6) is 0 Å². The number of rotatable bonds is 3. The van der Waals surface area contributed by atoms with E-state index < -0.39 is 0 Å². The van der Waals surface area contributed by atoms with Crippen LogP contribution >= 0.6 is 11.3 Å². The molecule has 2 N–H and O–H groups in total. The van der Waals surface area contributed by atoms with Crippen molar-refractivity contribution >= 4 is 16.3 Å². The standard InChI is InChI=1S/C12H12N4S/c13-4-3-10-8-17-12-15-11(7-16(10)12)9-2-1-5-14-6-9/h1-2,5-8H,3-4,13H2. The van der Waals surface area contributed by atoms with E-state index in [1.807, 2.05) is 24.5 Å². The van der Waals surface area contributed by atoms with Gasteiger partial charge >= 0.3 is 0 Å². The Morgan fingerprint density at radius 2 is 2.35 bits per heavy atom. The Morgan fingerprint density at radius 1 is 1.41 bits per heavy atom. The molecule has 0 aliphatic rings. The van der Waals surface area contributed by atoms with Crippen molar-refractivity contribution in [2.45, 2.75) is 6.42 Å². The first-order chi connectivity index (χ1) is 8.38. The summed E-state index contributed by atoms with van der Waals surface area (Å²) in [6, 6.07) is 3.94. The number of thiazole rings is 1. The summed E-state index contributed by atoms with van der Waals surface area (Å²) in [6.45, 7) is 0.659. The van der Waals surface area contributed by atoms with Gasteiger partial charge < -0.3 is 5.73 Å². The van der Waals surface area contributed by atoms with Gasteiger partial charge in [0.25, 0.3) is 0 Å². The molecule has 0 amide bonds. The predicted octanol–water partition coefficient (Wildman–Crippen LogP) is 1.96. The maximum absolute atomic E-state index is 5.59. The summed E-state index contributed by atoms with van der Waals surface area (Å²) in [6.07, 6.45) is 6.52. The van der Waals surface area contributed by atoms with Crippen LogP contribution in [0.3, 0.4) is 0 Å². The Bertz CT molecular complexity index is 626. The van der Waals surface area contributed by atoms with E-state index >= 15 is 0 Å². The van der Waals surface area contributed by atoms with E-state index in [9.17, 15) is 0 Å². The summed E-state index contributed by atoms with van der Waals surface area (Å²) < 4.78 is 2.11. The van der Waals surface area contributed by atoms with Crippen molar-refractivity contribution in [1.29, 1.82) is 0 Å². The van der Waals surface area contributed by atoms with Crippen molar-refractivity contribution in [2.24, 2.45) is 5.73 Å². The fraction of sp³-hybridized carbons (Fsp3) is 0.167.